The number of morpholine rings is 1. The van der Waals surface area contributed by atoms with Crippen LogP contribution in [0.1, 0.15) is 25.8 Å². The predicted molar refractivity (Wildman–Crippen MR) is 151 cm³/mol. The van der Waals surface area contributed by atoms with Crippen molar-refractivity contribution in [2.24, 2.45) is 11.8 Å². The molecule has 0 unspecified atom stereocenters. The van der Waals surface area contributed by atoms with Crippen molar-refractivity contribution in [2.45, 2.75) is 32.0 Å². The Balaban J connectivity index is 1.33. The van der Waals surface area contributed by atoms with Gasteiger partial charge >= 0.3 is 0 Å². The lowest BCUT2D eigenvalue weighted by Gasteiger charge is -2.35. The molecular weight excluding hydrogens is 516 g/mol. The molecule has 9 nitrogen and oxygen atoms in total. The van der Waals surface area contributed by atoms with Crippen molar-refractivity contribution in [3.63, 3.8) is 0 Å². The van der Waals surface area contributed by atoms with E-state index in [0.29, 0.717) is 59.2 Å². The number of fused-ring (bicyclic) bond motifs is 2. The summed E-state index contributed by atoms with van der Waals surface area (Å²) >= 11 is 1.33. The topological polar surface area (TPSA) is 86.1 Å². The van der Waals surface area contributed by atoms with Crippen molar-refractivity contribution >= 4 is 34.3 Å². The number of amides is 1. The fourth-order valence-electron chi connectivity index (χ4n) is 5.76. The van der Waals surface area contributed by atoms with Crippen LogP contribution in [-0.4, -0.2) is 72.3 Å². The number of anilines is 1. The van der Waals surface area contributed by atoms with E-state index in [0.717, 1.165) is 43.9 Å². The summed E-state index contributed by atoms with van der Waals surface area (Å²) in [5, 5.41) is 1.10. The maximum Gasteiger partial charge on any atom is 0.262 e. The van der Waals surface area contributed by atoms with Crippen molar-refractivity contribution in [1.82, 2.24) is 14.5 Å². The van der Waals surface area contributed by atoms with Gasteiger partial charge < -0.3 is 24.0 Å². The second kappa shape index (κ2) is 11.1. The molecule has 2 saturated heterocycles. The van der Waals surface area contributed by atoms with Crippen LogP contribution in [0.4, 0.5) is 5.69 Å². The Morgan fingerprint density at radius 3 is 2.59 bits per heavy atom. The Bertz CT molecular complexity index is 1430. The number of piperidine rings is 1. The maximum atomic E-state index is 14.0. The number of benzene rings is 2. The smallest absolute Gasteiger partial charge is 0.262 e. The quantitative estimate of drug-likeness (QED) is 0.340. The SMILES string of the molecule is C[C@H]1C[C@H](C)CN(C(=O)CSc2nc3ccc(N4CCOCC4)cc3c(=O)n2Cc2ccc3c(c2)OCO3)C1. The molecule has 2 fully saturated rings. The van der Waals surface area contributed by atoms with Crippen LogP contribution >= 0.6 is 11.8 Å². The van der Waals surface area contributed by atoms with Gasteiger partial charge in [-0.05, 0) is 54.2 Å². The molecule has 0 aliphatic carbocycles. The van der Waals surface area contributed by atoms with Gasteiger partial charge in [-0.2, -0.15) is 0 Å². The van der Waals surface area contributed by atoms with Gasteiger partial charge in [-0.1, -0.05) is 31.7 Å². The second-order valence-electron chi connectivity index (χ2n) is 10.8. The number of carbonyl (C=O) groups is 1. The van der Waals surface area contributed by atoms with E-state index < -0.39 is 0 Å². The first-order valence-electron chi connectivity index (χ1n) is 13.6. The first kappa shape index (κ1) is 26.0. The molecule has 3 aromatic rings. The van der Waals surface area contributed by atoms with Gasteiger partial charge in [0.15, 0.2) is 16.7 Å². The van der Waals surface area contributed by atoms with Crippen molar-refractivity contribution in [2.75, 3.05) is 56.8 Å². The van der Waals surface area contributed by atoms with Crippen molar-refractivity contribution in [3.05, 3.63) is 52.3 Å². The van der Waals surface area contributed by atoms with E-state index in [-0.39, 0.29) is 24.0 Å². The van der Waals surface area contributed by atoms with Crippen LogP contribution in [0.15, 0.2) is 46.3 Å². The van der Waals surface area contributed by atoms with Gasteiger partial charge in [-0.25, -0.2) is 4.98 Å². The third-order valence-corrected chi connectivity index (χ3v) is 8.56. The average Bonchev–Trinajstić information content (AvgIpc) is 3.41. The summed E-state index contributed by atoms with van der Waals surface area (Å²) < 4.78 is 18.2. The fraction of sp³-hybridized carbons (Fsp3) is 0.483. The molecule has 4 heterocycles. The lowest BCUT2D eigenvalue weighted by atomic mass is 9.92. The number of ether oxygens (including phenoxy) is 3. The zero-order valence-corrected chi connectivity index (χ0v) is 23.2. The van der Waals surface area contributed by atoms with Crippen molar-refractivity contribution in [3.8, 4) is 11.5 Å². The molecule has 10 heteroatoms. The number of hydrogen-bond acceptors (Lipinski definition) is 8. The number of thioether (sulfide) groups is 1. The number of likely N-dealkylation sites (tertiary alicyclic amines) is 1. The summed E-state index contributed by atoms with van der Waals surface area (Å²) in [5.41, 5.74) is 2.40. The molecule has 0 N–H and O–H groups in total. The Morgan fingerprint density at radius 2 is 1.79 bits per heavy atom. The van der Waals surface area contributed by atoms with Gasteiger partial charge in [0.2, 0.25) is 12.7 Å². The minimum absolute atomic E-state index is 0.0880. The Labute approximate surface area is 232 Å². The Hall–Kier alpha value is -3.24. The molecular formula is C29H34N4O5S. The molecule has 0 spiro atoms. The summed E-state index contributed by atoms with van der Waals surface area (Å²) in [7, 11) is 0. The van der Waals surface area contributed by atoms with Gasteiger partial charge in [-0.3, -0.25) is 14.2 Å². The largest absolute Gasteiger partial charge is 0.454 e. The predicted octanol–water partition coefficient (Wildman–Crippen LogP) is 3.61. The monoisotopic (exact) mass is 550 g/mol. The van der Waals surface area contributed by atoms with E-state index in [2.05, 4.69) is 18.7 Å². The van der Waals surface area contributed by atoms with Crippen LogP contribution in [0, 0.1) is 11.8 Å². The molecule has 0 radical (unpaired) electrons. The van der Waals surface area contributed by atoms with E-state index in [9.17, 15) is 9.59 Å². The van der Waals surface area contributed by atoms with Gasteiger partial charge in [-0.15, -0.1) is 0 Å². The molecule has 206 valence electrons. The van der Waals surface area contributed by atoms with E-state index in [1.807, 2.05) is 41.3 Å². The van der Waals surface area contributed by atoms with E-state index in [1.165, 1.54) is 11.8 Å². The molecule has 0 saturated carbocycles. The number of carbonyl (C=O) groups excluding carboxylic acids is 1. The van der Waals surface area contributed by atoms with Crippen LogP contribution in [0.5, 0.6) is 11.5 Å². The third kappa shape index (κ3) is 5.58. The first-order chi connectivity index (χ1) is 18.9. The highest BCUT2D eigenvalue weighted by molar-refractivity contribution is 7.99. The van der Waals surface area contributed by atoms with Gasteiger partial charge in [0.25, 0.3) is 5.56 Å². The number of hydrogen-bond donors (Lipinski definition) is 0. The third-order valence-electron chi connectivity index (χ3n) is 7.60. The minimum atomic E-state index is -0.122. The molecule has 6 rings (SSSR count). The summed E-state index contributed by atoms with van der Waals surface area (Å²) in [6, 6.07) is 11.6. The van der Waals surface area contributed by atoms with Gasteiger partial charge in [0, 0.05) is 31.9 Å². The van der Waals surface area contributed by atoms with Crippen LogP contribution in [0.25, 0.3) is 10.9 Å². The van der Waals surface area contributed by atoms with Crippen LogP contribution in [0.2, 0.25) is 0 Å². The summed E-state index contributed by atoms with van der Waals surface area (Å²) in [6.45, 7) is 9.37. The number of nitrogens with zero attached hydrogens (tertiary/aromatic N) is 4. The molecule has 3 aliphatic rings. The molecule has 1 amide bonds. The van der Waals surface area contributed by atoms with Crippen LogP contribution in [-0.2, 0) is 16.1 Å². The minimum Gasteiger partial charge on any atom is -0.454 e. The summed E-state index contributed by atoms with van der Waals surface area (Å²) in [5.74, 6) is 2.68. The maximum absolute atomic E-state index is 14.0. The Kier molecular flexibility index (Phi) is 7.40. The molecule has 39 heavy (non-hydrogen) atoms. The zero-order valence-electron chi connectivity index (χ0n) is 22.4. The molecule has 2 atom stereocenters. The molecule has 0 bridgehead atoms. The fourth-order valence-corrected chi connectivity index (χ4v) is 6.66. The Morgan fingerprint density at radius 1 is 1.03 bits per heavy atom. The lowest BCUT2D eigenvalue weighted by molar-refractivity contribution is -0.130. The van der Waals surface area contributed by atoms with Crippen LogP contribution in [0.3, 0.4) is 0 Å². The molecule has 1 aromatic heterocycles. The highest BCUT2D eigenvalue weighted by Crippen LogP contribution is 2.33. The highest BCUT2D eigenvalue weighted by atomic mass is 32.2. The van der Waals surface area contributed by atoms with E-state index in [4.69, 9.17) is 19.2 Å². The second-order valence-corrected chi connectivity index (χ2v) is 11.8. The van der Waals surface area contributed by atoms with Gasteiger partial charge in [0.05, 0.1) is 36.4 Å². The average molecular weight is 551 g/mol. The van der Waals surface area contributed by atoms with Crippen molar-refractivity contribution < 1.29 is 19.0 Å². The summed E-state index contributed by atoms with van der Waals surface area (Å²) in [6.07, 6.45) is 1.14. The lowest BCUT2D eigenvalue weighted by Crippen LogP contribution is -2.43. The standard InChI is InChI=1S/C29H34N4O5S/c1-19-11-20(2)15-32(14-19)27(34)17-39-29-30-24-5-4-22(31-7-9-36-10-8-31)13-23(24)28(35)33(29)16-21-3-6-25-26(12-21)38-18-37-25/h3-6,12-13,19-20H,7-11,14-18H2,1-2H3/t19-,20-/m0/s1. The molecule has 2 aromatic carbocycles. The van der Waals surface area contributed by atoms with Crippen LogP contribution < -0.4 is 19.9 Å². The number of aromatic nitrogens is 2. The first-order valence-corrected chi connectivity index (χ1v) is 14.6. The normalized spacial score (nSPS) is 21.0. The summed E-state index contributed by atoms with van der Waals surface area (Å²) in [4.78, 5) is 36.2. The van der Waals surface area contributed by atoms with E-state index in [1.54, 1.807) is 4.57 Å². The molecule has 3 aliphatic heterocycles. The highest BCUT2D eigenvalue weighted by Gasteiger charge is 2.26. The number of rotatable bonds is 6. The van der Waals surface area contributed by atoms with Gasteiger partial charge in [0.1, 0.15) is 0 Å². The van der Waals surface area contributed by atoms with Crippen molar-refractivity contribution in [1.29, 1.82) is 0 Å². The zero-order chi connectivity index (χ0) is 26.9. The van der Waals surface area contributed by atoms with E-state index >= 15 is 0 Å².